The molecule has 0 radical (unpaired) electrons. The van der Waals surface area contributed by atoms with E-state index in [1.54, 1.807) is 30.6 Å². The fourth-order valence-electron chi connectivity index (χ4n) is 3.51. The van der Waals surface area contributed by atoms with Gasteiger partial charge in [0.05, 0.1) is 22.9 Å². The maximum Gasteiger partial charge on any atom is 0.409 e. The van der Waals surface area contributed by atoms with Gasteiger partial charge in [-0.1, -0.05) is 0 Å². The number of anilines is 1. The highest BCUT2D eigenvalue weighted by molar-refractivity contribution is 6.06. The third-order valence-electron chi connectivity index (χ3n) is 5.37. The first-order valence-corrected chi connectivity index (χ1v) is 10.4. The van der Waals surface area contributed by atoms with E-state index in [4.69, 9.17) is 4.74 Å². The van der Waals surface area contributed by atoms with Gasteiger partial charge in [0.2, 0.25) is 11.6 Å². The van der Waals surface area contributed by atoms with Crippen LogP contribution in [-0.2, 0) is 16.6 Å². The fourth-order valence-corrected chi connectivity index (χ4v) is 3.51. The molecule has 0 bridgehead atoms. The van der Waals surface area contributed by atoms with Crippen LogP contribution in [0, 0.1) is 17.0 Å². The molecule has 1 unspecified atom stereocenters. The quantitative estimate of drug-likeness (QED) is 0.491. The van der Waals surface area contributed by atoms with Crippen LogP contribution in [0.3, 0.4) is 0 Å². The number of aryl methyl sites for hydroxylation is 2. The van der Waals surface area contributed by atoms with Crippen LogP contribution >= 0.6 is 0 Å². The topological polar surface area (TPSA) is 158 Å². The third kappa shape index (κ3) is 4.94. The standard InChI is InChI=1S/C19H26N8O6/c1-5-33-19(30)25-8-6-24(7-9-25)18(29)13(3)26-11-14(12(2)22-26)21-17(28)16-15(27(31)32)10-20-23(16)4/h10-11,13H,5-9H2,1-4H3,(H,21,28). The van der Waals surface area contributed by atoms with Gasteiger partial charge in [-0.25, -0.2) is 4.79 Å². The minimum absolute atomic E-state index is 0.179. The molecule has 0 saturated carbocycles. The Bertz CT molecular complexity index is 1070. The summed E-state index contributed by atoms with van der Waals surface area (Å²) in [4.78, 5) is 51.1. The Balaban J connectivity index is 1.67. The number of amides is 3. The zero-order valence-corrected chi connectivity index (χ0v) is 18.8. The molecule has 14 nitrogen and oxygen atoms in total. The van der Waals surface area contributed by atoms with Crippen molar-refractivity contribution in [1.82, 2.24) is 29.4 Å². The number of ether oxygens (including phenoxy) is 1. The van der Waals surface area contributed by atoms with Crippen LogP contribution in [0.2, 0.25) is 0 Å². The molecule has 0 aromatic carbocycles. The summed E-state index contributed by atoms with van der Waals surface area (Å²) in [5.74, 6) is -0.889. The summed E-state index contributed by atoms with van der Waals surface area (Å²) in [6.45, 7) is 6.86. The van der Waals surface area contributed by atoms with E-state index >= 15 is 0 Å². The molecule has 14 heteroatoms. The average Bonchev–Trinajstić information content (AvgIpc) is 3.35. The number of rotatable bonds is 6. The van der Waals surface area contributed by atoms with E-state index in [-0.39, 0.29) is 11.6 Å². The molecule has 1 saturated heterocycles. The minimum atomic E-state index is -0.710. The second-order valence-electron chi connectivity index (χ2n) is 7.51. The molecule has 1 atom stereocenters. The summed E-state index contributed by atoms with van der Waals surface area (Å²) in [7, 11) is 1.43. The molecule has 2 aromatic rings. The number of piperazine rings is 1. The van der Waals surface area contributed by atoms with Crippen molar-refractivity contribution in [2.45, 2.75) is 26.8 Å². The minimum Gasteiger partial charge on any atom is -0.450 e. The molecule has 33 heavy (non-hydrogen) atoms. The van der Waals surface area contributed by atoms with Crippen LogP contribution in [-0.4, -0.2) is 85.0 Å². The van der Waals surface area contributed by atoms with Gasteiger partial charge in [0.25, 0.3) is 5.91 Å². The van der Waals surface area contributed by atoms with E-state index in [0.29, 0.717) is 44.2 Å². The second kappa shape index (κ2) is 9.67. The highest BCUT2D eigenvalue weighted by Crippen LogP contribution is 2.22. The zero-order chi connectivity index (χ0) is 24.3. The number of hydrogen-bond donors (Lipinski definition) is 1. The lowest BCUT2D eigenvalue weighted by atomic mass is 10.2. The van der Waals surface area contributed by atoms with E-state index in [1.165, 1.54) is 17.9 Å². The number of hydrogen-bond acceptors (Lipinski definition) is 8. The van der Waals surface area contributed by atoms with Gasteiger partial charge < -0.3 is 19.9 Å². The molecule has 1 aliphatic rings. The number of aromatic nitrogens is 4. The van der Waals surface area contributed by atoms with Gasteiger partial charge in [0.15, 0.2) is 0 Å². The molecule has 1 N–H and O–H groups in total. The fraction of sp³-hybridized carbons (Fsp3) is 0.526. The smallest absolute Gasteiger partial charge is 0.409 e. The third-order valence-corrected chi connectivity index (χ3v) is 5.37. The Kier molecular flexibility index (Phi) is 6.94. The van der Waals surface area contributed by atoms with Crippen LogP contribution in [0.15, 0.2) is 12.4 Å². The molecule has 0 aliphatic carbocycles. The van der Waals surface area contributed by atoms with Gasteiger partial charge in [0, 0.05) is 39.4 Å². The van der Waals surface area contributed by atoms with Crippen LogP contribution in [0.1, 0.15) is 36.1 Å². The Hall–Kier alpha value is -3.97. The van der Waals surface area contributed by atoms with Crippen LogP contribution in [0.25, 0.3) is 0 Å². The lowest BCUT2D eigenvalue weighted by Crippen LogP contribution is -2.52. The predicted octanol–water partition coefficient (Wildman–Crippen LogP) is 0.947. The summed E-state index contributed by atoms with van der Waals surface area (Å²) >= 11 is 0. The maximum absolute atomic E-state index is 13.0. The summed E-state index contributed by atoms with van der Waals surface area (Å²) in [6.07, 6.45) is 2.12. The Labute approximate surface area is 189 Å². The molecule has 3 rings (SSSR count). The number of nitrogens with one attached hydrogen (secondary N) is 1. The molecular weight excluding hydrogens is 436 g/mol. The van der Waals surface area contributed by atoms with Gasteiger partial charge in [0.1, 0.15) is 12.2 Å². The van der Waals surface area contributed by atoms with Crippen LogP contribution in [0.5, 0.6) is 0 Å². The van der Waals surface area contributed by atoms with Crippen molar-refractivity contribution in [1.29, 1.82) is 0 Å². The Morgan fingerprint density at radius 2 is 1.88 bits per heavy atom. The summed E-state index contributed by atoms with van der Waals surface area (Å²) < 4.78 is 7.54. The molecular formula is C19H26N8O6. The summed E-state index contributed by atoms with van der Waals surface area (Å²) in [5, 5.41) is 21.8. The SMILES string of the molecule is CCOC(=O)N1CCN(C(=O)C(C)n2cc(NC(=O)c3c([N+](=O)[O-])cnn3C)c(C)n2)CC1. The van der Waals surface area contributed by atoms with Gasteiger partial charge in [-0.15, -0.1) is 0 Å². The number of nitrogens with zero attached hydrogens (tertiary/aromatic N) is 7. The van der Waals surface area contributed by atoms with Gasteiger partial charge in [-0.2, -0.15) is 10.2 Å². The molecule has 1 fully saturated rings. The predicted molar refractivity (Wildman–Crippen MR) is 115 cm³/mol. The van der Waals surface area contributed by atoms with Crippen LogP contribution < -0.4 is 5.32 Å². The van der Waals surface area contributed by atoms with Crippen molar-refractivity contribution in [2.75, 3.05) is 38.1 Å². The highest BCUT2D eigenvalue weighted by Gasteiger charge is 2.30. The monoisotopic (exact) mass is 462 g/mol. The highest BCUT2D eigenvalue weighted by atomic mass is 16.6. The number of carbonyl (C=O) groups excluding carboxylic acids is 3. The lowest BCUT2D eigenvalue weighted by molar-refractivity contribution is -0.385. The molecule has 1 aliphatic heterocycles. The number of nitro groups is 1. The first kappa shape index (κ1) is 23.7. The van der Waals surface area contributed by atoms with E-state index < -0.39 is 28.7 Å². The molecule has 178 valence electrons. The molecule has 0 spiro atoms. The lowest BCUT2D eigenvalue weighted by Gasteiger charge is -2.35. The Morgan fingerprint density at radius 1 is 1.24 bits per heavy atom. The molecule has 3 heterocycles. The zero-order valence-electron chi connectivity index (χ0n) is 18.8. The number of carbonyl (C=O) groups is 3. The van der Waals surface area contributed by atoms with E-state index in [0.717, 1.165) is 10.9 Å². The van der Waals surface area contributed by atoms with Gasteiger partial charge in [-0.05, 0) is 20.8 Å². The van der Waals surface area contributed by atoms with Gasteiger partial charge in [-0.3, -0.25) is 29.1 Å². The normalized spacial score (nSPS) is 14.7. The van der Waals surface area contributed by atoms with Crippen molar-refractivity contribution >= 4 is 29.3 Å². The van der Waals surface area contributed by atoms with Gasteiger partial charge >= 0.3 is 11.8 Å². The Morgan fingerprint density at radius 3 is 2.48 bits per heavy atom. The average molecular weight is 462 g/mol. The van der Waals surface area contributed by atoms with Crippen molar-refractivity contribution < 1.29 is 24.0 Å². The van der Waals surface area contributed by atoms with E-state index in [2.05, 4.69) is 15.5 Å². The molecule has 2 aromatic heterocycles. The van der Waals surface area contributed by atoms with E-state index in [1.807, 2.05) is 0 Å². The van der Waals surface area contributed by atoms with Crippen molar-refractivity contribution in [3.8, 4) is 0 Å². The summed E-state index contributed by atoms with van der Waals surface area (Å²) in [5.41, 5.74) is 0.156. The first-order chi connectivity index (χ1) is 15.6. The van der Waals surface area contributed by atoms with Crippen LogP contribution in [0.4, 0.5) is 16.2 Å². The van der Waals surface area contributed by atoms with Crippen molar-refractivity contribution in [3.63, 3.8) is 0 Å². The van der Waals surface area contributed by atoms with Crippen molar-refractivity contribution in [3.05, 3.63) is 33.9 Å². The largest absolute Gasteiger partial charge is 0.450 e. The second-order valence-corrected chi connectivity index (χ2v) is 7.51. The maximum atomic E-state index is 13.0. The van der Waals surface area contributed by atoms with E-state index in [9.17, 15) is 24.5 Å². The molecule has 3 amide bonds. The first-order valence-electron chi connectivity index (χ1n) is 10.4. The summed E-state index contributed by atoms with van der Waals surface area (Å²) in [6, 6.07) is -0.658. The van der Waals surface area contributed by atoms with Crippen molar-refractivity contribution in [2.24, 2.45) is 7.05 Å².